The molecule has 1 aromatic carbocycles. The Balaban J connectivity index is 1.63. The van der Waals surface area contributed by atoms with Gasteiger partial charge in [-0.2, -0.15) is 22.0 Å². The van der Waals surface area contributed by atoms with E-state index < -0.39 is 41.4 Å². The summed E-state index contributed by atoms with van der Waals surface area (Å²) in [6.45, 7) is 3.65. The summed E-state index contributed by atoms with van der Waals surface area (Å²) < 4.78 is 71.1. The molecule has 4 aliphatic rings. The van der Waals surface area contributed by atoms with Gasteiger partial charge >= 0.3 is 12.1 Å². The van der Waals surface area contributed by atoms with Gasteiger partial charge in [-0.25, -0.2) is 0 Å². The van der Waals surface area contributed by atoms with Crippen molar-refractivity contribution in [3.8, 4) is 0 Å². The molecule has 9 heteroatoms. The van der Waals surface area contributed by atoms with E-state index in [0.717, 1.165) is 27.8 Å². The standard InChI is InChI=1S/C29H32F5NO3/c1-3-38-35-16-17-4-6-18(7-5-17)23-15-26(2)24(12-13-27(26,37)28(30,31)29(32,33)34)22-10-8-19-14-20(36)9-11-21(19)25(22)23/h4-7,14,16,22-24,37H,3,8-13,15H2,1-2H3/b35-16-/t22?,23-,24?,26+,27+/m1/s1. The monoisotopic (exact) mass is 537 g/mol. The molecule has 0 bridgehead atoms. The van der Waals surface area contributed by atoms with Crippen molar-refractivity contribution in [2.75, 3.05) is 6.61 Å². The number of halogens is 5. The minimum atomic E-state index is -5.86. The Morgan fingerprint density at radius 3 is 2.47 bits per heavy atom. The number of allylic oxidation sites excluding steroid dienone is 4. The second-order valence-corrected chi connectivity index (χ2v) is 11.3. The van der Waals surface area contributed by atoms with Crippen LogP contribution >= 0.6 is 0 Å². The average molecular weight is 538 g/mol. The van der Waals surface area contributed by atoms with Gasteiger partial charge in [0.25, 0.3) is 0 Å². The first kappa shape index (κ1) is 27.0. The zero-order valence-electron chi connectivity index (χ0n) is 21.5. The lowest BCUT2D eigenvalue weighted by Crippen LogP contribution is -2.65. The highest BCUT2D eigenvalue weighted by Crippen LogP contribution is 2.70. The van der Waals surface area contributed by atoms with Gasteiger partial charge < -0.3 is 9.94 Å². The molecule has 206 valence electrons. The Morgan fingerprint density at radius 1 is 1.11 bits per heavy atom. The van der Waals surface area contributed by atoms with Gasteiger partial charge in [0.2, 0.25) is 0 Å². The fraction of sp³-hybridized carbons (Fsp3) is 0.586. The van der Waals surface area contributed by atoms with E-state index in [1.807, 2.05) is 24.3 Å². The van der Waals surface area contributed by atoms with Crippen LogP contribution in [-0.2, 0) is 9.63 Å². The molecule has 0 radical (unpaired) electrons. The zero-order valence-corrected chi connectivity index (χ0v) is 21.5. The fourth-order valence-electron chi connectivity index (χ4n) is 7.70. The maximum absolute atomic E-state index is 15.0. The number of hydrogen-bond donors (Lipinski definition) is 1. The number of nitrogens with zero attached hydrogens (tertiary/aromatic N) is 1. The van der Waals surface area contributed by atoms with Crippen LogP contribution in [-0.4, -0.2) is 41.4 Å². The number of aliphatic hydroxyl groups is 1. The molecule has 5 atom stereocenters. The molecule has 0 saturated heterocycles. The minimum Gasteiger partial charge on any atom is -0.396 e. The summed E-state index contributed by atoms with van der Waals surface area (Å²) in [6, 6.07) is 7.30. The van der Waals surface area contributed by atoms with Crippen molar-refractivity contribution in [1.29, 1.82) is 0 Å². The molecule has 2 fully saturated rings. The smallest absolute Gasteiger partial charge is 0.396 e. The summed E-state index contributed by atoms with van der Waals surface area (Å²) in [5.74, 6) is -6.40. The van der Waals surface area contributed by atoms with Crippen LogP contribution in [0.1, 0.15) is 75.8 Å². The molecule has 2 unspecified atom stereocenters. The molecule has 2 saturated carbocycles. The quantitative estimate of drug-likeness (QED) is 0.253. The summed E-state index contributed by atoms with van der Waals surface area (Å²) in [6.07, 6.45) is -1.17. The predicted octanol–water partition coefficient (Wildman–Crippen LogP) is 6.89. The maximum atomic E-state index is 15.0. The molecule has 1 aromatic rings. The SMILES string of the molecule is CCO/N=C\c1ccc([C@H]2C[C@@]3(C)C(CC[C@@]3(O)C(F)(F)C(F)(F)F)C3CCC4=CC(=O)CCC4=C32)cc1. The second-order valence-electron chi connectivity index (χ2n) is 11.3. The van der Waals surface area contributed by atoms with E-state index in [1.165, 1.54) is 6.92 Å². The van der Waals surface area contributed by atoms with E-state index in [2.05, 4.69) is 5.16 Å². The molecule has 4 aliphatic carbocycles. The van der Waals surface area contributed by atoms with Gasteiger partial charge in [0.05, 0.1) is 6.21 Å². The van der Waals surface area contributed by atoms with E-state index in [0.29, 0.717) is 32.3 Å². The number of fused-ring (bicyclic) bond motifs is 4. The van der Waals surface area contributed by atoms with Crippen LogP contribution < -0.4 is 0 Å². The van der Waals surface area contributed by atoms with Crippen LogP contribution in [0, 0.1) is 17.3 Å². The summed E-state index contributed by atoms with van der Waals surface area (Å²) >= 11 is 0. The van der Waals surface area contributed by atoms with Crippen LogP contribution in [0.4, 0.5) is 22.0 Å². The highest BCUT2D eigenvalue weighted by Gasteiger charge is 2.79. The van der Waals surface area contributed by atoms with Crippen molar-refractivity contribution in [3.63, 3.8) is 0 Å². The van der Waals surface area contributed by atoms with Crippen LogP contribution in [0.5, 0.6) is 0 Å². The van der Waals surface area contributed by atoms with Gasteiger partial charge in [-0.05, 0) is 85.6 Å². The van der Waals surface area contributed by atoms with Gasteiger partial charge in [-0.1, -0.05) is 41.9 Å². The van der Waals surface area contributed by atoms with E-state index in [4.69, 9.17) is 4.84 Å². The van der Waals surface area contributed by atoms with Crippen LogP contribution in [0.25, 0.3) is 0 Å². The lowest BCUT2D eigenvalue weighted by Gasteiger charge is -2.56. The van der Waals surface area contributed by atoms with E-state index in [-0.39, 0.29) is 24.5 Å². The topological polar surface area (TPSA) is 58.9 Å². The van der Waals surface area contributed by atoms with Crippen molar-refractivity contribution < 1.29 is 36.7 Å². The highest BCUT2D eigenvalue weighted by molar-refractivity contribution is 5.93. The van der Waals surface area contributed by atoms with Crippen LogP contribution in [0.15, 0.2) is 52.2 Å². The minimum absolute atomic E-state index is 0.0389. The summed E-state index contributed by atoms with van der Waals surface area (Å²) in [4.78, 5) is 17.2. The Kier molecular flexibility index (Phi) is 6.60. The van der Waals surface area contributed by atoms with Gasteiger partial charge in [-0.3, -0.25) is 4.79 Å². The number of carbonyl (C=O) groups excluding carboxylic acids is 1. The Bertz CT molecular complexity index is 1200. The maximum Gasteiger partial charge on any atom is 0.456 e. The molecule has 38 heavy (non-hydrogen) atoms. The summed E-state index contributed by atoms with van der Waals surface area (Å²) in [5, 5.41) is 15.2. The molecule has 0 amide bonds. The van der Waals surface area contributed by atoms with Crippen molar-refractivity contribution >= 4 is 12.0 Å². The third kappa shape index (κ3) is 3.95. The Morgan fingerprint density at radius 2 is 1.82 bits per heavy atom. The van der Waals surface area contributed by atoms with E-state index >= 15 is 8.78 Å². The van der Waals surface area contributed by atoms with Gasteiger partial charge in [-0.15, -0.1) is 0 Å². The van der Waals surface area contributed by atoms with E-state index in [1.54, 1.807) is 19.2 Å². The number of hydrogen-bond acceptors (Lipinski definition) is 4. The third-order valence-corrected chi connectivity index (χ3v) is 9.51. The Labute approximate surface area is 218 Å². The molecule has 5 rings (SSSR count). The first-order valence-corrected chi connectivity index (χ1v) is 13.2. The lowest BCUT2D eigenvalue weighted by atomic mass is 9.50. The number of oxime groups is 1. The summed E-state index contributed by atoms with van der Waals surface area (Å²) in [5.41, 5.74) is -0.277. The molecule has 0 spiro atoms. The molecular formula is C29H32F5NO3. The van der Waals surface area contributed by atoms with Gasteiger partial charge in [0.1, 0.15) is 12.2 Å². The number of benzene rings is 1. The van der Waals surface area contributed by atoms with Gasteiger partial charge in [0.15, 0.2) is 5.78 Å². The second kappa shape index (κ2) is 9.28. The highest BCUT2D eigenvalue weighted by atomic mass is 19.4. The zero-order chi connectivity index (χ0) is 27.5. The number of carbonyl (C=O) groups is 1. The van der Waals surface area contributed by atoms with Gasteiger partial charge in [0, 0.05) is 17.8 Å². The number of alkyl halides is 5. The largest absolute Gasteiger partial charge is 0.456 e. The molecule has 0 aromatic heterocycles. The Hall–Kier alpha value is -2.55. The van der Waals surface area contributed by atoms with Crippen molar-refractivity contribution in [2.24, 2.45) is 22.4 Å². The normalized spacial score (nSPS) is 33.6. The molecule has 1 N–H and O–H groups in total. The first-order chi connectivity index (χ1) is 17.8. The average Bonchev–Trinajstić information content (AvgIpc) is 3.15. The molecule has 4 nitrogen and oxygen atoms in total. The number of rotatable bonds is 5. The molecular weight excluding hydrogens is 505 g/mol. The summed E-state index contributed by atoms with van der Waals surface area (Å²) in [7, 11) is 0. The lowest BCUT2D eigenvalue weighted by molar-refractivity contribution is -0.362. The fourth-order valence-corrected chi connectivity index (χ4v) is 7.70. The van der Waals surface area contributed by atoms with Crippen molar-refractivity contribution in [1.82, 2.24) is 0 Å². The third-order valence-electron chi connectivity index (χ3n) is 9.51. The number of ketones is 1. The van der Waals surface area contributed by atoms with Crippen molar-refractivity contribution in [3.05, 3.63) is 58.2 Å². The van der Waals surface area contributed by atoms with E-state index in [9.17, 15) is 23.1 Å². The first-order valence-electron chi connectivity index (χ1n) is 13.2. The molecule has 0 heterocycles. The molecule has 0 aliphatic heterocycles. The van der Waals surface area contributed by atoms with Crippen molar-refractivity contribution in [2.45, 2.75) is 82.4 Å². The van der Waals surface area contributed by atoms with Crippen LogP contribution in [0.2, 0.25) is 0 Å². The van der Waals surface area contributed by atoms with Crippen LogP contribution in [0.3, 0.4) is 0 Å². The predicted molar refractivity (Wildman–Crippen MR) is 132 cm³/mol.